The molecule has 1 saturated heterocycles. The Hall–Kier alpha value is -0.260. The average Bonchev–Trinajstić information content (AvgIpc) is 2.07. The summed E-state index contributed by atoms with van der Waals surface area (Å²) in [4.78, 5) is 4.02. The first-order valence-electron chi connectivity index (χ1n) is 4.86. The van der Waals surface area contributed by atoms with Gasteiger partial charge in [0.2, 0.25) is 0 Å². The van der Waals surface area contributed by atoms with Crippen LogP contribution in [0.4, 0.5) is 8.78 Å². The van der Waals surface area contributed by atoms with Crippen LogP contribution in [0.1, 0.15) is 6.92 Å². The van der Waals surface area contributed by atoms with Crippen LogP contribution >= 0.6 is 0 Å². The minimum absolute atomic E-state index is 0.0668. The van der Waals surface area contributed by atoms with Crippen LogP contribution in [0.5, 0.6) is 0 Å². The molecule has 1 atom stereocenters. The monoisotopic (exact) mass is 208 g/mol. The molecule has 0 saturated carbocycles. The number of halogens is 2. The number of likely N-dealkylation sites (N-methyl/N-ethyl adjacent to an activating group) is 1. The van der Waals surface area contributed by atoms with Crippen molar-refractivity contribution in [3.63, 3.8) is 0 Å². The minimum Gasteiger partial charge on any atom is -0.386 e. The summed E-state index contributed by atoms with van der Waals surface area (Å²) in [5.74, 6) is -3.00. The van der Waals surface area contributed by atoms with Gasteiger partial charge in [-0.05, 0) is 7.05 Å². The first-order chi connectivity index (χ1) is 6.39. The summed E-state index contributed by atoms with van der Waals surface area (Å²) >= 11 is 0. The standard InChI is InChI=1S/C9H18F2N2O/c1-9(10,11)8(14)7-13-5-3-12(2)4-6-13/h8,14H,3-7H2,1-2H3. The topological polar surface area (TPSA) is 26.7 Å². The maximum absolute atomic E-state index is 12.7. The molecular weight excluding hydrogens is 190 g/mol. The lowest BCUT2D eigenvalue weighted by atomic mass is 10.2. The summed E-state index contributed by atoms with van der Waals surface area (Å²) in [7, 11) is 2.00. The van der Waals surface area contributed by atoms with Crippen molar-refractivity contribution in [3.8, 4) is 0 Å². The van der Waals surface area contributed by atoms with Gasteiger partial charge in [-0.3, -0.25) is 4.90 Å². The Bertz CT molecular complexity index is 176. The third kappa shape index (κ3) is 3.48. The van der Waals surface area contributed by atoms with E-state index in [4.69, 9.17) is 0 Å². The zero-order valence-electron chi connectivity index (χ0n) is 8.71. The van der Waals surface area contributed by atoms with Crippen molar-refractivity contribution >= 4 is 0 Å². The lowest BCUT2D eigenvalue weighted by Crippen LogP contribution is -2.49. The van der Waals surface area contributed by atoms with Crippen LogP contribution in [0.2, 0.25) is 0 Å². The van der Waals surface area contributed by atoms with E-state index in [0.29, 0.717) is 0 Å². The average molecular weight is 208 g/mol. The van der Waals surface area contributed by atoms with E-state index in [0.717, 1.165) is 33.1 Å². The first-order valence-corrected chi connectivity index (χ1v) is 4.86. The Labute approximate surface area is 83.3 Å². The Kier molecular flexibility index (Phi) is 3.80. The molecular formula is C9H18F2N2O. The van der Waals surface area contributed by atoms with E-state index >= 15 is 0 Å². The molecule has 5 heteroatoms. The normalized spacial score (nSPS) is 23.8. The van der Waals surface area contributed by atoms with Crippen molar-refractivity contribution in [2.75, 3.05) is 39.8 Å². The first kappa shape index (κ1) is 11.8. The molecule has 14 heavy (non-hydrogen) atoms. The molecule has 1 rings (SSSR count). The van der Waals surface area contributed by atoms with Gasteiger partial charge in [0, 0.05) is 39.6 Å². The van der Waals surface area contributed by atoms with Gasteiger partial charge in [0.15, 0.2) is 0 Å². The van der Waals surface area contributed by atoms with Crippen molar-refractivity contribution < 1.29 is 13.9 Å². The van der Waals surface area contributed by atoms with Crippen molar-refractivity contribution in [2.45, 2.75) is 19.0 Å². The van der Waals surface area contributed by atoms with Crippen molar-refractivity contribution in [1.82, 2.24) is 9.80 Å². The number of aliphatic hydroxyl groups excluding tert-OH is 1. The molecule has 0 amide bonds. The molecule has 0 aromatic heterocycles. The van der Waals surface area contributed by atoms with Gasteiger partial charge in [0.25, 0.3) is 5.92 Å². The quantitative estimate of drug-likeness (QED) is 0.720. The molecule has 0 aromatic carbocycles. The summed E-state index contributed by atoms with van der Waals surface area (Å²) < 4.78 is 25.3. The summed E-state index contributed by atoms with van der Waals surface area (Å²) in [5.41, 5.74) is 0. The second-order valence-corrected chi connectivity index (χ2v) is 4.08. The van der Waals surface area contributed by atoms with Crippen LogP contribution in [0.3, 0.4) is 0 Å². The zero-order chi connectivity index (χ0) is 10.8. The van der Waals surface area contributed by atoms with Crippen molar-refractivity contribution in [1.29, 1.82) is 0 Å². The van der Waals surface area contributed by atoms with Crippen LogP contribution in [-0.2, 0) is 0 Å². The van der Waals surface area contributed by atoms with Crippen LogP contribution in [0.25, 0.3) is 0 Å². The van der Waals surface area contributed by atoms with E-state index in [9.17, 15) is 13.9 Å². The lowest BCUT2D eigenvalue weighted by Gasteiger charge is -2.34. The van der Waals surface area contributed by atoms with Crippen LogP contribution in [-0.4, -0.2) is 66.7 Å². The Morgan fingerprint density at radius 2 is 1.79 bits per heavy atom. The van der Waals surface area contributed by atoms with Gasteiger partial charge >= 0.3 is 0 Å². The van der Waals surface area contributed by atoms with E-state index in [1.807, 2.05) is 11.9 Å². The fourth-order valence-corrected chi connectivity index (χ4v) is 1.44. The highest BCUT2D eigenvalue weighted by Gasteiger charge is 2.33. The largest absolute Gasteiger partial charge is 0.386 e. The Balaban J connectivity index is 2.31. The Morgan fingerprint density at radius 3 is 2.21 bits per heavy atom. The van der Waals surface area contributed by atoms with E-state index in [1.165, 1.54) is 0 Å². The number of alkyl halides is 2. The molecule has 1 heterocycles. The van der Waals surface area contributed by atoms with E-state index < -0.39 is 12.0 Å². The van der Waals surface area contributed by atoms with Gasteiger partial charge in [-0.15, -0.1) is 0 Å². The smallest absolute Gasteiger partial charge is 0.271 e. The zero-order valence-corrected chi connectivity index (χ0v) is 8.71. The molecule has 0 aromatic rings. The van der Waals surface area contributed by atoms with Crippen LogP contribution in [0.15, 0.2) is 0 Å². The molecule has 0 radical (unpaired) electrons. The third-order valence-electron chi connectivity index (χ3n) is 2.61. The molecule has 1 aliphatic rings. The van der Waals surface area contributed by atoms with Crippen LogP contribution in [0, 0.1) is 0 Å². The summed E-state index contributed by atoms with van der Waals surface area (Å²) in [5, 5.41) is 9.20. The fourth-order valence-electron chi connectivity index (χ4n) is 1.44. The molecule has 0 spiro atoms. The highest BCUT2D eigenvalue weighted by atomic mass is 19.3. The van der Waals surface area contributed by atoms with Gasteiger partial charge in [-0.2, -0.15) is 0 Å². The fraction of sp³-hybridized carbons (Fsp3) is 1.00. The molecule has 1 unspecified atom stereocenters. The second-order valence-electron chi connectivity index (χ2n) is 4.08. The molecule has 0 aliphatic carbocycles. The third-order valence-corrected chi connectivity index (χ3v) is 2.61. The van der Waals surface area contributed by atoms with Crippen molar-refractivity contribution in [3.05, 3.63) is 0 Å². The van der Waals surface area contributed by atoms with Gasteiger partial charge in [-0.25, -0.2) is 8.78 Å². The van der Waals surface area contributed by atoms with E-state index in [2.05, 4.69) is 4.90 Å². The van der Waals surface area contributed by atoms with Crippen molar-refractivity contribution in [2.24, 2.45) is 0 Å². The highest BCUT2D eigenvalue weighted by molar-refractivity contribution is 4.78. The molecule has 1 aliphatic heterocycles. The number of nitrogens with zero attached hydrogens (tertiary/aromatic N) is 2. The molecule has 84 valence electrons. The molecule has 1 N–H and O–H groups in total. The number of piperazine rings is 1. The summed E-state index contributed by atoms with van der Waals surface area (Å²) in [6.07, 6.45) is -1.55. The Morgan fingerprint density at radius 1 is 1.29 bits per heavy atom. The number of β-amino-alcohol motifs (C(OH)–C–C–N with tert-alkyl or cyclic N) is 1. The molecule has 3 nitrogen and oxygen atoms in total. The number of hydrogen-bond acceptors (Lipinski definition) is 3. The SMILES string of the molecule is CN1CCN(CC(O)C(C)(F)F)CC1. The predicted octanol–water partition coefficient (Wildman–Crippen LogP) is 0.250. The van der Waals surface area contributed by atoms with Gasteiger partial charge in [0.05, 0.1) is 0 Å². The minimum atomic E-state index is -3.00. The predicted molar refractivity (Wildman–Crippen MR) is 50.6 cm³/mol. The number of rotatable bonds is 3. The molecule has 1 fully saturated rings. The van der Waals surface area contributed by atoms with E-state index in [1.54, 1.807) is 0 Å². The maximum atomic E-state index is 12.7. The summed E-state index contributed by atoms with van der Waals surface area (Å²) in [6.45, 7) is 4.09. The van der Waals surface area contributed by atoms with Gasteiger partial charge in [-0.1, -0.05) is 0 Å². The maximum Gasteiger partial charge on any atom is 0.271 e. The summed E-state index contributed by atoms with van der Waals surface area (Å²) in [6, 6.07) is 0. The van der Waals surface area contributed by atoms with Gasteiger partial charge < -0.3 is 10.0 Å². The molecule has 0 bridgehead atoms. The number of hydrogen-bond donors (Lipinski definition) is 1. The van der Waals surface area contributed by atoms with E-state index in [-0.39, 0.29) is 6.54 Å². The van der Waals surface area contributed by atoms with Crippen LogP contribution < -0.4 is 0 Å². The van der Waals surface area contributed by atoms with Gasteiger partial charge in [0.1, 0.15) is 6.10 Å². The second kappa shape index (κ2) is 4.51. The lowest BCUT2D eigenvalue weighted by molar-refractivity contribution is -0.105. The highest BCUT2D eigenvalue weighted by Crippen LogP contribution is 2.18. The number of aliphatic hydroxyl groups is 1.